The Morgan fingerprint density at radius 1 is 0.953 bits per heavy atom. The van der Waals surface area contributed by atoms with Crippen molar-refractivity contribution in [1.29, 1.82) is 0 Å². The van der Waals surface area contributed by atoms with E-state index < -0.39 is 43.0 Å². The van der Waals surface area contributed by atoms with Gasteiger partial charge >= 0.3 is 6.18 Å². The molecule has 0 fully saturated rings. The van der Waals surface area contributed by atoms with Crippen molar-refractivity contribution in [2.24, 2.45) is 0 Å². The van der Waals surface area contributed by atoms with E-state index in [1.54, 1.807) is 10.8 Å². The lowest BCUT2D eigenvalue weighted by molar-refractivity contribution is -0.137. The van der Waals surface area contributed by atoms with Crippen LogP contribution >= 0.6 is 0 Å². The summed E-state index contributed by atoms with van der Waals surface area (Å²) < 4.78 is 62.9. The number of ketones is 2. The number of rotatable bonds is 10. The Bertz CT molecular complexity index is 1670. The van der Waals surface area contributed by atoms with Gasteiger partial charge < -0.3 is 8.99 Å². The first-order chi connectivity index (χ1) is 19.8. The summed E-state index contributed by atoms with van der Waals surface area (Å²) >= 11 is 0. The van der Waals surface area contributed by atoms with Gasteiger partial charge in [0.2, 0.25) is 0 Å². The molecule has 0 aliphatic rings. The van der Waals surface area contributed by atoms with Crippen molar-refractivity contribution < 1.29 is 31.6 Å². The number of carbonyl (C=O) groups excluding carboxylic acids is 2. The molecule has 230 valence electrons. The average molecular weight is 618 g/mol. The lowest BCUT2D eigenvalue weighted by Gasteiger charge is -2.39. The van der Waals surface area contributed by atoms with Gasteiger partial charge in [0.25, 0.3) is 0 Å². The molecule has 0 spiro atoms. The molecule has 0 atom stereocenters. The number of alkyl halides is 3. The molecule has 4 heterocycles. The molecule has 13 heteroatoms. The van der Waals surface area contributed by atoms with Gasteiger partial charge in [-0.05, 0) is 43.6 Å². The molecular formula is C30H35F4N5O3Si. The van der Waals surface area contributed by atoms with Crippen molar-refractivity contribution in [3.63, 3.8) is 0 Å². The molecule has 8 nitrogen and oxygen atoms in total. The standard InChI is InChI=1S/C30H35F4N5O3Si/c1-28(2,3)43(6,7)42-18-29(4,5)39-17-24(23-13-36-14-25(31)26(23)39)27(41)20-8-19(10-35-11-20)9-22(40)16-38-15-21(12-37-38)30(32,33)34/h8,10-15,17H,9,16,18H2,1-7H3. The van der Waals surface area contributed by atoms with Crippen LogP contribution in [0.2, 0.25) is 18.1 Å². The Morgan fingerprint density at radius 3 is 2.26 bits per heavy atom. The predicted octanol–water partition coefficient (Wildman–Crippen LogP) is 6.59. The first-order valence-corrected chi connectivity index (χ1v) is 16.6. The van der Waals surface area contributed by atoms with E-state index in [0.717, 1.165) is 17.1 Å². The quantitative estimate of drug-likeness (QED) is 0.113. The van der Waals surface area contributed by atoms with Crippen molar-refractivity contribution in [2.45, 2.75) is 77.4 Å². The summed E-state index contributed by atoms with van der Waals surface area (Å²) in [6.45, 7) is 14.4. The molecule has 0 saturated carbocycles. The van der Waals surface area contributed by atoms with Gasteiger partial charge in [0.05, 0.1) is 42.2 Å². The second-order valence-corrected chi connectivity index (χ2v) is 17.7. The van der Waals surface area contributed by atoms with E-state index in [2.05, 4.69) is 48.9 Å². The third kappa shape index (κ3) is 6.93. The number of Topliss-reactive ketones (excluding diaryl/α,β-unsaturated/α-hetero) is 1. The Balaban J connectivity index is 1.60. The van der Waals surface area contributed by atoms with Crippen molar-refractivity contribution >= 4 is 30.8 Å². The van der Waals surface area contributed by atoms with Crippen molar-refractivity contribution in [2.75, 3.05) is 6.61 Å². The maximum absolute atomic E-state index is 15.2. The van der Waals surface area contributed by atoms with E-state index in [1.165, 1.54) is 24.7 Å². The number of fused-ring (bicyclic) bond motifs is 1. The van der Waals surface area contributed by atoms with Crippen LogP contribution in [0.1, 0.15) is 61.7 Å². The molecule has 0 saturated heterocycles. The summed E-state index contributed by atoms with van der Waals surface area (Å²) in [4.78, 5) is 34.4. The lowest BCUT2D eigenvalue weighted by Crippen LogP contribution is -2.45. The van der Waals surface area contributed by atoms with Crippen molar-refractivity contribution in [3.8, 4) is 0 Å². The van der Waals surface area contributed by atoms with Crippen LogP contribution in [0.15, 0.2) is 49.4 Å². The second kappa shape index (κ2) is 11.4. The average Bonchev–Trinajstić information content (AvgIpc) is 3.53. The van der Waals surface area contributed by atoms with Crippen LogP contribution < -0.4 is 0 Å². The monoisotopic (exact) mass is 617 g/mol. The molecule has 0 bridgehead atoms. The minimum atomic E-state index is -4.56. The van der Waals surface area contributed by atoms with Crippen molar-refractivity contribution in [3.05, 3.63) is 77.5 Å². The summed E-state index contributed by atoms with van der Waals surface area (Å²) in [6.07, 6.45) is 3.57. The summed E-state index contributed by atoms with van der Waals surface area (Å²) in [5.74, 6) is -1.45. The molecule has 43 heavy (non-hydrogen) atoms. The minimum Gasteiger partial charge on any atom is -0.414 e. The third-order valence-corrected chi connectivity index (χ3v) is 12.4. The normalized spacial score (nSPS) is 13.1. The van der Waals surface area contributed by atoms with E-state index in [4.69, 9.17) is 4.43 Å². The topological polar surface area (TPSA) is 91.9 Å². The zero-order valence-corrected chi connectivity index (χ0v) is 26.2. The minimum absolute atomic E-state index is 0.0259. The first kappa shape index (κ1) is 32.2. The molecule has 0 aliphatic heterocycles. The number of nitrogens with zero attached hydrogens (tertiary/aromatic N) is 5. The van der Waals surface area contributed by atoms with Crippen LogP contribution in [0.25, 0.3) is 10.9 Å². The summed E-state index contributed by atoms with van der Waals surface area (Å²) in [5.41, 5.74) is -0.672. The fourth-order valence-electron chi connectivity index (χ4n) is 4.36. The van der Waals surface area contributed by atoms with Gasteiger partial charge in [0, 0.05) is 53.9 Å². The summed E-state index contributed by atoms with van der Waals surface area (Å²) in [6, 6.07) is 1.50. The van der Waals surface area contributed by atoms with E-state index in [9.17, 15) is 22.8 Å². The van der Waals surface area contributed by atoms with E-state index in [1.807, 2.05) is 13.8 Å². The summed E-state index contributed by atoms with van der Waals surface area (Å²) in [5, 5.41) is 3.91. The highest BCUT2D eigenvalue weighted by atomic mass is 28.4. The van der Waals surface area contributed by atoms with Gasteiger partial charge in [0.15, 0.2) is 25.7 Å². The molecule has 4 aromatic heterocycles. The number of halogens is 4. The van der Waals surface area contributed by atoms with Gasteiger partial charge in [-0.25, -0.2) is 4.39 Å². The smallest absolute Gasteiger partial charge is 0.414 e. The number of hydrogen-bond donors (Lipinski definition) is 0. The maximum atomic E-state index is 15.2. The SMILES string of the molecule is CC(C)(CO[Si](C)(C)C(C)(C)C)n1cc(C(=O)c2cncc(CC(=O)Cn3cc(C(F)(F)F)cn3)c2)c2cncc(F)c21. The number of pyridine rings is 2. The highest BCUT2D eigenvalue weighted by Gasteiger charge is 2.39. The highest BCUT2D eigenvalue weighted by molar-refractivity contribution is 6.74. The van der Waals surface area contributed by atoms with Crippen LogP contribution in [-0.4, -0.2) is 50.8 Å². The van der Waals surface area contributed by atoms with Crippen LogP contribution in [0.4, 0.5) is 17.6 Å². The maximum Gasteiger partial charge on any atom is 0.419 e. The van der Waals surface area contributed by atoms with Gasteiger partial charge in [-0.3, -0.25) is 24.2 Å². The Labute approximate surface area is 248 Å². The van der Waals surface area contributed by atoms with Gasteiger partial charge in [-0.15, -0.1) is 0 Å². The zero-order chi connectivity index (χ0) is 32.0. The first-order valence-electron chi connectivity index (χ1n) is 13.7. The van der Waals surface area contributed by atoms with Crippen LogP contribution in [-0.2, 0) is 33.9 Å². The Hall–Kier alpha value is -3.71. The molecular weight excluding hydrogens is 582 g/mol. The number of carbonyl (C=O) groups is 2. The number of hydrogen-bond acceptors (Lipinski definition) is 6. The van der Waals surface area contributed by atoms with Crippen molar-refractivity contribution in [1.82, 2.24) is 24.3 Å². The van der Waals surface area contributed by atoms with E-state index in [-0.39, 0.29) is 34.6 Å². The fraction of sp³-hybridized carbons (Fsp3) is 0.433. The van der Waals surface area contributed by atoms with Crippen LogP contribution in [0, 0.1) is 5.82 Å². The number of aromatic nitrogens is 5. The van der Waals surface area contributed by atoms with E-state index >= 15 is 4.39 Å². The Kier molecular flexibility index (Phi) is 8.55. The fourth-order valence-corrected chi connectivity index (χ4v) is 5.51. The molecule has 0 aromatic carbocycles. The largest absolute Gasteiger partial charge is 0.419 e. The molecule has 0 radical (unpaired) electrons. The van der Waals surface area contributed by atoms with Crippen LogP contribution in [0.5, 0.6) is 0 Å². The highest BCUT2D eigenvalue weighted by Crippen LogP contribution is 2.38. The molecule has 0 aliphatic carbocycles. The lowest BCUT2D eigenvalue weighted by atomic mass is 10.0. The van der Waals surface area contributed by atoms with Gasteiger partial charge in [-0.1, -0.05) is 20.8 Å². The Morgan fingerprint density at radius 2 is 1.63 bits per heavy atom. The molecule has 4 rings (SSSR count). The predicted molar refractivity (Wildman–Crippen MR) is 156 cm³/mol. The summed E-state index contributed by atoms with van der Waals surface area (Å²) in [7, 11) is -2.13. The molecule has 0 unspecified atom stereocenters. The zero-order valence-electron chi connectivity index (χ0n) is 25.2. The van der Waals surface area contributed by atoms with E-state index in [0.29, 0.717) is 23.8 Å². The van der Waals surface area contributed by atoms with Gasteiger partial charge in [0.1, 0.15) is 0 Å². The van der Waals surface area contributed by atoms with Crippen LogP contribution in [0.3, 0.4) is 0 Å². The second-order valence-electron chi connectivity index (χ2n) is 12.8. The van der Waals surface area contributed by atoms with Gasteiger partial charge in [-0.2, -0.15) is 18.3 Å². The third-order valence-electron chi connectivity index (χ3n) is 7.91. The molecule has 4 aromatic rings. The molecule has 0 N–H and O–H groups in total. The molecule has 0 amide bonds.